The van der Waals surface area contributed by atoms with Crippen LogP contribution in [0.1, 0.15) is 260 Å². The van der Waals surface area contributed by atoms with E-state index in [0.717, 1.165) is 75.5 Å². The van der Waals surface area contributed by atoms with Gasteiger partial charge in [0.1, 0.15) is 13.2 Å². The molecule has 0 amide bonds. The van der Waals surface area contributed by atoms with Gasteiger partial charge in [-0.3, -0.25) is 14.4 Å². The number of ether oxygens (including phenoxy) is 3. The van der Waals surface area contributed by atoms with Crippen LogP contribution in [-0.4, -0.2) is 37.2 Å². The van der Waals surface area contributed by atoms with E-state index >= 15 is 0 Å². The Labute approximate surface area is 342 Å². The van der Waals surface area contributed by atoms with Crippen LogP contribution in [0.3, 0.4) is 0 Å². The molecule has 6 heteroatoms. The van der Waals surface area contributed by atoms with Crippen molar-refractivity contribution in [2.75, 3.05) is 13.2 Å². The Morgan fingerprint density at radius 2 is 0.527 bits per heavy atom. The molecule has 0 aromatic rings. The number of rotatable bonds is 42. The van der Waals surface area contributed by atoms with E-state index in [-0.39, 0.29) is 31.1 Å². The Morgan fingerprint density at radius 3 is 0.782 bits per heavy atom. The molecule has 0 bridgehead atoms. The van der Waals surface area contributed by atoms with Crippen molar-refractivity contribution in [2.45, 2.75) is 266 Å². The zero-order valence-electron chi connectivity index (χ0n) is 37.7. The number of hydrogen-bond donors (Lipinski definition) is 0. The first-order chi connectivity index (χ1) is 26.6. The quantitative estimate of drug-likeness (QED) is 0.0349. The van der Waals surface area contributed by atoms with E-state index in [2.05, 4.69) is 41.5 Å². The van der Waals surface area contributed by atoms with Crippen molar-refractivity contribution >= 4 is 17.9 Å². The number of esters is 3. The first kappa shape index (κ1) is 53.4. The molecule has 0 fully saturated rings. The summed E-state index contributed by atoms with van der Waals surface area (Å²) in [6.45, 7) is 13.6. The molecule has 0 saturated carbocycles. The molecule has 0 aromatic carbocycles. The van der Waals surface area contributed by atoms with Crippen molar-refractivity contribution in [1.82, 2.24) is 0 Å². The molecule has 0 heterocycles. The van der Waals surface area contributed by atoms with Gasteiger partial charge < -0.3 is 14.2 Å². The fourth-order valence-corrected chi connectivity index (χ4v) is 7.23. The van der Waals surface area contributed by atoms with Crippen molar-refractivity contribution in [2.24, 2.45) is 17.8 Å². The molecule has 6 nitrogen and oxygen atoms in total. The van der Waals surface area contributed by atoms with Gasteiger partial charge in [-0.2, -0.15) is 0 Å². The van der Waals surface area contributed by atoms with Gasteiger partial charge in [-0.25, -0.2) is 0 Å². The third-order valence-corrected chi connectivity index (χ3v) is 10.9. The van der Waals surface area contributed by atoms with Gasteiger partial charge in [0.2, 0.25) is 0 Å². The minimum absolute atomic E-state index is 0.0669. The molecular weight excluding hydrogens is 685 g/mol. The SMILES string of the molecule is CC(C)CCCCCCCCCCCCCCCCCCC(=O)OC[C@@H](COC(=O)CCCCCCCCC(C)C)OC(=O)CCCCCCCCC(C)C. The number of carbonyl (C=O) groups is 3. The molecule has 0 saturated heterocycles. The molecule has 55 heavy (non-hydrogen) atoms. The lowest BCUT2D eigenvalue weighted by Gasteiger charge is -2.18. The maximum absolute atomic E-state index is 12.7. The predicted octanol–water partition coefficient (Wildman–Crippen LogP) is 15.2. The van der Waals surface area contributed by atoms with Gasteiger partial charge in [0.05, 0.1) is 0 Å². The second-order valence-corrected chi connectivity index (χ2v) is 18.2. The highest BCUT2D eigenvalue weighted by atomic mass is 16.6. The highest BCUT2D eigenvalue weighted by molar-refractivity contribution is 5.71. The van der Waals surface area contributed by atoms with Gasteiger partial charge in [-0.1, -0.05) is 221 Å². The van der Waals surface area contributed by atoms with Gasteiger partial charge in [0.15, 0.2) is 6.10 Å². The van der Waals surface area contributed by atoms with Crippen LogP contribution in [0.4, 0.5) is 0 Å². The Hall–Kier alpha value is -1.59. The van der Waals surface area contributed by atoms with Crippen molar-refractivity contribution in [1.29, 1.82) is 0 Å². The molecule has 326 valence electrons. The van der Waals surface area contributed by atoms with E-state index < -0.39 is 6.10 Å². The lowest BCUT2D eigenvalue weighted by molar-refractivity contribution is -0.167. The third-order valence-electron chi connectivity index (χ3n) is 10.9. The standard InChI is InChI=1S/C49H94O6/c1-43(2)35-29-23-17-15-13-11-9-7-8-10-12-14-16-18-26-32-38-47(50)53-41-46(55-49(52)40-34-28-22-20-25-31-37-45(5)6)42-54-48(51)39-33-27-21-19-24-30-36-44(3)4/h43-46H,7-42H2,1-6H3/t46-/m0/s1. The largest absolute Gasteiger partial charge is 0.462 e. The molecule has 0 aliphatic carbocycles. The van der Waals surface area contributed by atoms with E-state index in [1.807, 2.05) is 0 Å². The van der Waals surface area contributed by atoms with Crippen LogP contribution >= 0.6 is 0 Å². The molecule has 0 rings (SSSR count). The summed E-state index contributed by atoms with van der Waals surface area (Å²) < 4.78 is 16.7. The number of carbonyl (C=O) groups excluding carboxylic acids is 3. The summed E-state index contributed by atoms with van der Waals surface area (Å²) >= 11 is 0. The minimum Gasteiger partial charge on any atom is -0.462 e. The minimum atomic E-state index is -0.762. The average molecular weight is 779 g/mol. The molecule has 0 N–H and O–H groups in total. The summed E-state index contributed by atoms with van der Waals surface area (Å²) in [5.41, 5.74) is 0. The second-order valence-electron chi connectivity index (χ2n) is 18.2. The molecule has 0 radical (unpaired) electrons. The summed E-state index contributed by atoms with van der Waals surface area (Å²) in [6.07, 6.45) is 38.4. The molecule has 1 atom stereocenters. The van der Waals surface area contributed by atoms with Gasteiger partial charge in [0.25, 0.3) is 0 Å². The monoisotopic (exact) mass is 779 g/mol. The van der Waals surface area contributed by atoms with Gasteiger partial charge in [-0.15, -0.1) is 0 Å². The molecule has 0 aromatic heterocycles. The van der Waals surface area contributed by atoms with Crippen molar-refractivity contribution in [3.8, 4) is 0 Å². The molecular formula is C49H94O6. The molecule has 0 unspecified atom stereocenters. The summed E-state index contributed by atoms with van der Waals surface area (Å²) in [5, 5.41) is 0. The summed E-state index contributed by atoms with van der Waals surface area (Å²) in [4.78, 5) is 37.7. The first-order valence-electron chi connectivity index (χ1n) is 24.1. The third kappa shape index (κ3) is 43.4. The summed E-state index contributed by atoms with van der Waals surface area (Å²) in [5.74, 6) is 1.51. The van der Waals surface area contributed by atoms with Crippen LogP contribution in [0.25, 0.3) is 0 Å². The average Bonchev–Trinajstić information content (AvgIpc) is 3.13. The van der Waals surface area contributed by atoms with Crippen LogP contribution in [0.15, 0.2) is 0 Å². The van der Waals surface area contributed by atoms with Crippen LogP contribution in [0.5, 0.6) is 0 Å². The molecule has 0 spiro atoms. The lowest BCUT2D eigenvalue weighted by atomic mass is 10.0. The van der Waals surface area contributed by atoms with Crippen molar-refractivity contribution in [3.63, 3.8) is 0 Å². The van der Waals surface area contributed by atoms with Gasteiger partial charge in [-0.05, 0) is 37.0 Å². The first-order valence-corrected chi connectivity index (χ1v) is 24.1. The van der Waals surface area contributed by atoms with Crippen molar-refractivity contribution in [3.05, 3.63) is 0 Å². The fraction of sp³-hybridized carbons (Fsp3) is 0.939. The van der Waals surface area contributed by atoms with Gasteiger partial charge >= 0.3 is 17.9 Å². The van der Waals surface area contributed by atoms with Crippen molar-refractivity contribution < 1.29 is 28.6 Å². The van der Waals surface area contributed by atoms with E-state index in [1.165, 1.54) is 141 Å². The Bertz CT molecular complexity index is 852. The highest BCUT2D eigenvalue weighted by Gasteiger charge is 2.19. The zero-order chi connectivity index (χ0) is 40.6. The molecule has 0 aliphatic heterocycles. The van der Waals surface area contributed by atoms with Crippen LogP contribution < -0.4 is 0 Å². The Kier molecular flexibility index (Phi) is 39.4. The van der Waals surface area contributed by atoms with Gasteiger partial charge in [0, 0.05) is 19.3 Å². The van der Waals surface area contributed by atoms with E-state index in [4.69, 9.17) is 14.2 Å². The maximum Gasteiger partial charge on any atom is 0.306 e. The Balaban J connectivity index is 4.19. The van der Waals surface area contributed by atoms with E-state index in [1.54, 1.807) is 0 Å². The lowest BCUT2D eigenvalue weighted by Crippen LogP contribution is -2.30. The molecule has 0 aliphatic rings. The van der Waals surface area contributed by atoms with Crippen LogP contribution in [-0.2, 0) is 28.6 Å². The summed E-state index contributed by atoms with van der Waals surface area (Å²) in [6, 6.07) is 0. The maximum atomic E-state index is 12.7. The van der Waals surface area contributed by atoms with E-state index in [0.29, 0.717) is 19.3 Å². The van der Waals surface area contributed by atoms with Crippen LogP contribution in [0.2, 0.25) is 0 Å². The topological polar surface area (TPSA) is 78.9 Å². The highest BCUT2D eigenvalue weighted by Crippen LogP contribution is 2.17. The summed E-state index contributed by atoms with van der Waals surface area (Å²) in [7, 11) is 0. The number of hydrogen-bond acceptors (Lipinski definition) is 6. The fourth-order valence-electron chi connectivity index (χ4n) is 7.23. The van der Waals surface area contributed by atoms with Crippen LogP contribution in [0, 0.1) is 17.8 Å². The second kappa shape index (κ2) is 40.6. The van der Waals surface area contributed by atoms with E-state index in [9.17, 15) is 14.4 Å². The Morgan fingerprint density at radius 1 is 0.309 bits per heavy atom. The smallest absolute Gasteiger partial charge is 0.306 e. The predicted molar refractivity (Wildman–Crippen MR) is 233 cm³/mol. The normalized spacial score (nSPS) is 12.2. The zero-order valence-corrected chi connectivity index (χ0v) is 37.7. The number of unbranched alkanes of at least 4 members (excludes halogenated alkanes) is 25.